The van der Waals surface area contributed by atoms with Crippen LogP contribution in [-0.2, 0) is 16.1 Å². The number of aromatic amines is 1. The topological polar surface area (TPSA) is 116 Å². The molecular formula is C20H27N7O2. The molecule has 9 nitrogen and oxygen atoms in total. The van der Waals surface area contributed by atoms with E-state index in [1.165, 1.54) is 0 Å². The van der Waals surface area contributed by atoms with Gasteiger partial charge in [-0.15, -0.1) is 0 Å². The summed E-state index contributed by atoms with van der Waals surface area (Å²) in [6.07, 6.45) is 5.22. The van der Waals surface area contributed by atoms with Crippen LogP contribution in [0.4, 0.5) is 11.6 Å². The molecule has 29 heavy (non-hydrogen) atoms. The molecule has 1 saturated heterocycles. The summed E-state index contributed by atoms with van der Waals surface area (Å²) in [4.78, 5) is 27.9. The van der Waals surface area contributed by atoms with Gasteiger partial charge in [0.05, 0.1) is 11.7 Å². The van der Waals surface area contributed by atoms with Crippen molar-refractivity contribution in [1.29, 1.82) is 0 Å². The van der Waals surface area contributed by atoms with Crippen LogP contribution in [0.3, 0.4) is 0 Å². The van der Waals surface area contributed by atoms with E-state index >= 15 is 0 Å². The Balaban J connectivity index is 1.46. The predicted molar refractivity (Wildman–Crippen MR) is 109 cm³/mol. The SMILES string of the molecule is C[C@@H]1CCNC[C@@H]1n1nc(NC(=O)C(=O)NCC2CC2)c2c1-c1cc[nH]c1NC2. The highest BCUT2D eigenvalue weighted by molar-refractivity contribution is 6.39. The summed E-state index contributed by atoms with van der Waals surface area (Å²) in [5.41, 5.74) is 2.96. The largest absolute Gasteiger partial charge is 0.367 e. The molecule has 0 radical (unpaired) electrons. The van der Waals surface area contributed by atoms with Crippen LogP contribution < -0.4 is 21.3 Å². The number of H-pyrrole nitrogens is 1. The van der Waals surface area contributed by atoms with Gasteiger partial charge < -0.3 is 26.3 Å². The van der Waals surface area contributed by atoms with Crippen molar-refractivity contribution in [2.45, 2.75) is 38.8 Å². The van der Waals surface area contributed by atoms with E-state index in [1.54, 1.807) is 0 Å². The summed E-state index contributed by atoms with van der Waals surface area (Å²) in [6.45, 7) is 5.18. The lowest BCUT2D eigenvalue weighted by molar-refractivity contribution is -0.136. The third kappa shape index (κ3) is 3.39. The Bertz CT molecular complexity index is 943. The monoisotopic (exact) mass is 397 g/mol. The molecule has 0 spiro atoms. The Hall–Kier alpha value is -2.81. The van der Waals surface area contributed by atoms with Crippen molar-refractivity contribution < 1.29 is 9.59 Å². The van der Waals surface area contributed by atoms with E-state index in [0.717, 1.165) is 55.0 Å². The molecule has 2 amide bonds. The van der Waals surface area contributed by atoms with Crippen LogP contribution >= 0.6 is 0 Å². The average Bonchev–Trinajstić information content (AvgIpc) is 3.30. The zero-order valence-electron chi connectivity index (χ0n) is 16.5. The maximum atomic E-state index is 12.5. The number of anilines is 2. The van der Waals surface area contributed by atoms with Crippen molar-refractivity contribution in [3.63, 3.8) is 0 Å². The molecule has 2 aliphatic heterocycles. The van der Waals surface area contributed by atoms with Gasteiger partial charge in [0.1, 0.15) is 5.82 Å². The Labute approximate surface area is 169 Å². The van der Waals surface area contributed by atoms with Gasteiger partial charge >= 0.3 is 11.8 Å². The number of nitrogens with one attached hydrogen (secondary N) is 5. The third-order valence-electron chi connectivity index (χ3n) is 6.24. The van der Waals surface area contributed by atoms with Crippen LogP contribution in [0.5, 0.6) is 0 Å². The first-order chi connectivity index (χ1) is 14.1. The molecule has 4 heterocycles. The second-order valence-electron chi connectivity index (χ2n) is 8.39. The van der Waals surface area contributed by atoms with Crippen molar-refractivity contribution >= 4 is 23.5 Å². The summed E-state index contributed by atoms with van der Waals surface area (Å²) in [6, 6.07) is 2.21. The molecule has 9 heteroatoms. The maximum Gasteiger partial charge on any atom is 0.314 e. The van der Waals surface area contributed by atoms with Gasteiger partial charge in [0.25, 0.3) is 0 Å². The minimum Gasteiger partial charge on any atom is -0.367 e. The van der Waals surface area contributed by atoms with E-state index < -0.39 is 11.8 Å². The molecule has 0 aromatic carbocycles. The van der Waals surface area contributed by atoms with Crippen molar-refractivity contribution in [1.82, 2.24) is 25.4 Å². The molecular weight excluding hydrogens is 370 g/mol. The predicted octanol–water partition coefficient (Wildman–Crippen LogP) is 1.44. The number of fused-ring (bicyclic) bond motifs is 3. The second-order valence-corrected chi connectivity index (χ2v) is 8.39. The minimum atomic E-state index is -0.659. The van der Waals surface area contributed by atoms with Crippen LogP contribution in [0.2, 0.25) is 0 Å². The average molecular weight is 397 g/mol. The van der Waals surface area contributed by atoms with E-state index in [-0.39, 0.29) is 6.04 Å². The number of piperidine rings is 1. The number of hydrogen-bond donors (Lipinski definition) is 5. The van der Waals surface area contributed by atoms with E-state index in [0.29, 0.717) is 30.7 Å². The lowest BCUT2D eigenvalue weighted by atomic mass is 9.94. The fourth-order valence-corrected chi connectivity index (χ4v) is 4.26. The highest BCUT2D eigenvalue weighted by atomic mass is 16.2. The van der Waals surface area contributed by atoms with Gasteiger partial charge in [0.15, 0.2) is 5.82 Å². The van der Waals surface area contributed by atoms with Gasteiger partial charge in [-0.2, -0.15) is 5.10 Å². The normalized spacial score (nSPS) is 22.9. The molecule has 1 saturated carbocycles. The quantitative estimate of drug-likeness (QED) is 0.501. The zero-order valence-corrected chi connectivity index (χ0v) is 16.5. The van der Waals surface area contributed by atoms with Crippen LogP contribution in [0.15, 0.2) is 12.3 Å². The molecule has 2 fully saturated rings. The first-order valence-electron chi connectivity index (χ1n) is 10.4. The van der Waals surface area contributed by atoms with Gasteiger partial charge in [0, 0.05) is 37.0 Å². The van der Waals surface area contributed by atoms with E-state index in [9.17, 15) is 9.59 Å². The molecule has 2 aromatic heterocycles. The number of aromatic nitrogens is 3. The fourth-order valence-electron chi connectivity index (χ4n) is 4.26. The summed E-state index contributed by atoms with van der Waals surface area (Å²) in [5.74, 6) is 1.14. The Kier molecular flexibility index (Phi) is 4.54. The van der Waals surface area contributed by atoms with E-state index in [2.05, 4.69) is 33.2 Å². The summed E-state index contributed by atoms with van der Waals surface area (Å²) in [5, 5.41) is 17.1. The smallest absolute Gasteiger partial charge is 0.314 e. The zero-order chi connectivity index (χ0) is 20.0. The van der Waals surface area contributed by atoms with Crippen LogP contribution in [0.25, 0.3) is 11.3 Å². The fraction of sp³-hybridized carbons (Fsp3) is 0.550. The number of carbonyl (C=O) groups excluding carboxylic acids is 2. The van der Waals surface area contributed by atoms with Crippen molar-refractivity contribution in [2.24, 2.45) is 11.8 Å². The highest BCUT2D eigenvalue weighted by Gasteiger charge is 2.33. The first kappa shape index (κ1) is 18.2. The Morgan fingerprint density at radius 3 is 2.93 bits per heavy atom. The van der Waals surface area contributed by atoms with Crippen molar-refractivity contribution in [3.05, 3.63) is 17.8 Å². The molecule has 0 bridgehead atoms. The van der Waals surface area contributed by atoms with Crippen molar-refractivity contribution in [3.8, 4) is 11.3 Å². The van der Waals surface area contributed by atoms with Gasteiger partial charge in [-0.05, 0) is 43.7 Å². The highest BCUT2D eigenvalue weighted by Crippen LogP contribution is 2.41. The first-order valence-corrected chi connectivity index (χ1v) is 10.4. The molecule has 2 atom stereocenters. The Morgan fingerprint density at radius 2 is 2.14 bits per heavy atom. The van der Waals surface area contributed by atoms with Gasteiger partial charge in [-0.3, -0.25) is 14.3 Å². The van der Waals surface area contributed by atoms with Gasteiger partial charge in [-0.25, -0.2) is 0 Å². The number of nitrogens with zero attached hydrogens (tertiary/aromatic N) is 2. The van der Waals surface area contributed by atoms with Crippen molar-refractivity contribution in [2.75, 3.05) is 30.3 Å². The van der Waals surface area contributed by atoms with Crippen LogP contribution in [-0.4, -0.2) is 46.2 Å². The molecule has 5 N–H and O–H groups in total. The van der Waals surface area contributed by atoms with Gasteiger partial charge in [0.2, 0.25) is 0 Å². The molecule has 0 unspecified atom stereocenters. The lowest BCUT2D eigenvalue weighted by Gasteiger charge is -2.31. The summed E-state index contributed by atoms with van der Waals surface area (Å²) in [7, 11) is 0. The lowest BCUT2D eigenvalue weighted by Crippen LogP contribution is -2.38. The molecule has 5 rings (SSSR count). The number of hydrogen-bond acceptors (Lipinski definition) is 5. The number of carbonyl (C=O) groups is 2. The van der Waals surface area contributed by atoms with Crippen LogP contribution in [0.1, 0.15) is 37.8 Å². The van der Waals surface area contributed by atoms with E-state index in [4.69, 9.17) is 5.10 Å². The molecule has 2 aromatic rings. The third-order valence-corrected chi connectivity index (χ3v) is 6.24. The minimum absolute atomic E-state index is 0.188. The molecule has 3 aliphatic rings. The Morgan fingerprint density at radius 1 is 1.28 bits per heavy atom. The molecule has 154 valence electrons. The summed E-state index contributed by atoms with van der Waals surface area (Å²) >= 11 is 0. The number of rotatable bonds is 4. The number of amides is 2. The maximum absolute atomic E-state index is 12.5. The summed E-state index contributed by atoms with van der Waals surface area (Å²) < 4.78 is 2.04. The second kappa shape index (κ2) is 7.22. The molecule has 1 aliphatic carbocycles. The van der Waals surface area contributed by atoms with Crippen LogP contribution in [0, 0.1) is 11.8 Å². The van der Waals surface area contributed by atoms with E-state index in [1.807, 2.05) is 16.9 Å². The van der Waals surface area contributed by atoms with Gasteiger partial charge in [-0.1, -0.05) is 6.92 Å². The standard InChI is InChI=1S/C20H27N7O2/c1-11-4-6-21-10-15(11)27-16-13-5-7-22-17(13)23-9-14(16)18(26-27)25-20(29)19(28)24-8-12-2-3-12/h5,7,11-12,15,21-23H,2-4,6,8-10H2,1H3,(H,24,28)(H,25,26,29)/t11-,15+/m1/s1.